The number of nitrogens with zero attached hydrogens (tertiary/aromatic N) is 8. The van der Waals surface area contributed by atoms with Gasteiger partial charge in [-0.2, -0.15) is 5.10 Å². The van der Waals surface area contributed by atoms with E-state index in [-0.39, 0.29) is 17.7 Å². The number of piperazine rings is 1. The van der Waals surface area contributed by atoms with Gasteiger partial charge in [-0.3, -0.25) is 9.59 Å². The molecule has 2 aromatic heterocycles. The summed E-state index contributed by atoms with van der Waals surface area (Å²) in [6.07, 6.45) is 4.55. The van der Waals surface area contributed by atoms with Gasteiger partial charge < -0.3 is 14.7 Å². The summed E-state index contributed by atoms with van der Waals surface area (Å²) in [4.78, 5) is 34.1. The molecular formula is C18H24N8O2. The van der Waals surface area contributed by atoms with Crippen molar-refractivity contribution in [3.8, 4) is 5.82 Å². The van der Waals surface area contributed by atoms with Crippen LogP contribution >= 0.6 is 0 Å². The number of hydrogen-bond donors (Lipinski definition) is 0. The van der Waals surface area contributed by atoms with Gasteiger partial charge in [0, 0.05) is 52.1 Å². The Hall–Kier alpha value is -3.04. The smallest absolute Gasteiger partial charge is 0.225 e. The largest absolute Gasteiger partial charge is 0.352 e. The van der Waals surface area contributed by atoms with Crippen LogP contribution in [0.25, 0.3) is 5.82 Å². The molecule has 28 heavy (non-hydrogen) atoms. The van der Waals surface area contributed by atoms with E-state index < -0.39 is 0 Å². The molecule has 0 aliphatic carbocycles. The number of hydrogen-bond acceptors (Lipinski definition) is 7. The molecule has 4 rings (SSSR count). The Kier molecular flexibility index (Phi) is 5.18. The van der Waals surface area contributed by atoms with Gasteiger partial charge in [0.15, 0.2) is 11.6 Å². The summed E-state index contributed by atoms with van der Waals surface area (Å²) in [7, 11) is 0. The second kappa shape index (κ2) is 7.91. The fourth-order valence-corrected chi connectivity index (χ4v) is 3.79. The minimum absolute atomic E-state index is 0.0314. The maximum Gasteiger partial charge on any atom is 0.225 e. The van der Waals surface area contributed by atoms with Crippen molar-refractivity contribution < 1.29 is 9.59 Å². The standard InChI is InChI=1S/C18H24N8O2/c1-14(27)23-6-4-15(5-7-23)18(28)25-10-8-24(9-11-25)16-2-3-17(22-21-16)26-13-19-12-20-26/h2-3,12-13,15H,4-11H2,1H3. The highest BCUT2D eigenvalue weighted by Crippen LogP contribution is 2.21. The minimum Gasteiger partial charge on any atom is -0.352 e. The van der Waals surface area contributed by atoms with Gasteiger partial charge >= 0.3 is 0 Å². The van der Waals surface area contributed by atoms with Gasteiger partial charge in [-0.15, -0.1) is 10.2 Å². The first-order chi connectivity index (χ1) is 13.6. The average Bonchev–Trinajstić information content (AvgIpc) is 3.28. The molecule has 0 radical (unpaired) electrons. The SMILES string of the molecule is CC(=O)N1CCC(C(=O)N2CCN(c3ccc(-n4cncn4)nn3)CC2)CC1. The highest BCUT2D eigenvalue weighted by atomic mass is 16.2. The van der Waals surface area contributed by atoms with Crippen molar-refractivity contribution in [3.63, 3.8) is 0 Å². The molecule has 2 fully saturated rings. The topological polar surface area (TPSA) is 100 Å². The Morgan fingerprint density at radius 1 is 0.929 bits per heavy atom. The third-order valence-corrected chi connectivity index (χ3v) is 5.49. The highest BCUT2D eigenvalue weighted by molar-refractivity contribution is 5.80. The number of aromatic nitrogens is 5. The predicted molar refractivity (Wildman–Crippen MR) is 101 cm³/mol. The fraction of sp³-hybridized carbons (Fsp3) is 0.556. The Morgan fingerprint density at radius 2 is 1.61 bits per heavy atom. The maximum atomic E-state index is 12.8. The number of amides is 2. The van der Waals surface area contributed by atoms with Gasteiger partial charge in [0.25, 0.3) is 0 Å². The molecule has 2 aromatic rings. The molecule has 2 aliphatic heterocycles. The van der Waals surface area contributed by atoms with E-state index in [1.54, 1.807) is 17.9 Å². The molecule has 0 aromatic carbocycles. The Labute approximate surface area is 163 Å². The molecule has 148 valence electrons. The van der Waals surface area contributed by atoms with Crippen LogP contribution in [0, 0.1) is 5.92 Å². The summed E-state index contributed by atoms with van der Waals surface area (Å²) in [6, 6.07) is 3.77. The summed E-state index contributed by atoms with van der Waals surface area (Å²) in [5.74, 6) is 1.76. The summed E-state index contributed by atoms with van der Waals surface area (Å²) in [5, 5.41) is 12.5. The Morgan fingerprint density at radius 3 is 2.18 bits per heavy atom. The van der Waals surface area contributed by atoms with Crippen molar-refractivity contribution in [1.29, 1.82) is 0 Å². The lowest BCUT2D eigenvalue weighted by Gasteiger charge is -2.38. The molecule has 4 heterocycles. The molecule has 2 aliphatic rings. The van der Waals surface area contributed by atoms with Crippen LogP contribution in [0.4, 0.5) is 5.82 Å². The second-order valence-electron chi connectivity index (χ2n) is 7.18. The third kappa shape index (κ3) is 3.80. The Bertz CT molecular complexity index is 807. The molecule has 10 heteroatoms. The van der Waals surface area contributed by atoms with Crippen molar-refractivity contribution in [2.45, 2.75) is 19.8 Å². The molecule has 0 saturated carbocycles. The number of carbonyl (C=O) groups is 2. The lowest BCUT2D eigenvalue weighted by Crippen LogP contribution is -2.52. The van der Waals surface area contributed by atoms with Gasteiger partial charge in [0.05, 0.1) is 0 Å². The van der Waals surface area contributed by atoms with E-state index in [4.69, 9.17) is 0 Å². The van der Waals surface area contributed by atoms with Crippen LogP contribution < -0.4 is 4.90 Å². The number of rotatable bonds is 3. The molecule has 0 bridgehead atoms. The lowest BCUT2D eigenvalue weighted by atomic mass is 9.95. The van der Waals surface area contributed by atoms with Gasteiger partial charge in [-0.1, -0.05) is 0 Å². The fourth-order valence-electron chi connectivity index (χ4n) is 3.79. The van der Waals surface area contributed by atoms with Crippen LogP contribution in [0.15, 0.2) is 24.8 Å². The molecular weight excluding hydrogens is 360 g/mol. The van der Waals surface area contributed by atoms with E-state index in [1.807, 2.05) is 21.9 Å². The van der Waals surface area contributed by atoms with Crippen LogP contribution in [0.5, 0.6) is 0 Å². The molecule has 10 nitrogen and oxygen atoms in total. The first kappa shape index (κ1) is 18.3. The molecule has 2 amide bonds. The predicted octanol–water partition coefficient (Wildman–Crippen LogP) is -0.0356. The summed E-state index contributed by atoms with van der Waals surface area (Å²) in [5.41, 5.74) is 0. The highest BCUT2D eigenvalue weighted by Gasteiger charge is 2.31. The molecule has 0 N–H and O–H groups in total. The monoisotopic (exact) mass is 384 g/mol. The van der Waals surface area contributed by atoms with Crippen molar-refractivity contribution in [2.75, 3.05) is 44.2 Å². The number of piperidine rings is 1. The van der Waals surface area contributed by atoms with Crippen LogP contribution in [0.1, 0.15) is 19.8 Å². The maximum absolute atomic E-state index is 12.8. The first-order valence-corrected chi connectivity index (χ1v) is 9.60. The van der Waals surface area contributed by atoms with Crippen LogP contribution in [-0.4, -0.2) is 85.8 Å². The van der Waals surface area contributed by atoms with E-state index in [2.05, 4.69) is 25.2 Å². The summed E-state index contributed by atoms with van der Waals surface area (Å²) < 4.78 is 1.56. The van der Waals surface area contributed by atoms with E-state index >= 15 is 0 Å². The van der Waals surface area contributed by atoms with E-state index in [1.165, 1.54) is 6.33 Å². The van der Waals surface area contributed by atoms with Crippen LogP contribution in [0.2, 0.25) is 0 Å². The number of carbonyl (C=O) groups excluding carboxylic acids is 2. The summed E-state index contributed by atoms with van der Waals surface area (Å²) in [6.45, 7) is 5.77. The summed E-state index contributed by atoms with van der Waals surface area (Å²) >= 11 is 0. The Balaban J connectivity index is 1.30. The van der Waals surface area contributed by atoms with Gasteiger partial charge in [0.1, 0.15) is 12.7 Å². The normalized spacial score (nSPS) is 18.4. The number of likely N-dealkylation sites (tertiary alicyclic amines) is 1. The minimum atomic E-state index is 0.0314. The number of anilines is 1. The molecule has 0 spiro atoms. The van der Waals surface area contributed by atoms with Crippen molar-refractivity contribution in [3.05, 3.63) is 24.8 Å². The molecule has 0 unspecified atom stereocenters. The zero-order valence-corrected chi connectivity index (χ0v) is 15.9. The van der Waals surface area contributed by atoms with E-state index in [0.717, 1.165) is 31.7 Å². The van der Waals surface area contributed by atoms with Gasteiger partial charge in [-0.05, 0) is 25.0 Å². The zero-order chi connectivity index (χ0) is 19.5. The lowest BCUT2D eigenvalue weighted by molar-refractivity contribution is -0.140. The molecule has 0 atom stereocenters. The zero-order valence-electron chi connectivity index (χ0n) is 15.9. The van der Waals surface area contributed by atoms with E-state index in [9.17, 15) is 9.59 Å². The van der Waals surface area contributed by atoms with Gasteiger partial charge in [0.2, 0.25) is 11.8 Å². The second-order valence-corrected chi connectivity index (χ2v) is 7.18. The first-order valence-electron chi connectivity index (χ1n) is 9.60. The van der Waals surface area contributed by atoms with Gasteiger partial charge in [-0.25, -0.2) is 9.67 Å². The van der Waals surface area contributed by atoms with E-state index in [0.29, 0.717) is 32.0 Å². The van der Waals surface area contributed by atoms with Crippen molar-refractivity contribution in [2.24, 2.45) is 5.92 Å². The van der Waals surface area contributed by atoms with Crippen molar-refractivity contribution >= 4 is 17.6 Å². The van der Waals surface area contributed by atoms with Crippen molar-refractivity contribution in [1.82, 2.24) is 34.8 Å². The molecule has 2 saturated heterocycles. The quantitative estimate of drug-likeness (QED) is 0.732. The van der Waals surface area contributed by atoms with Crippen LogP contribution in [-0.2, 0) is 9.59 Å². The van der Waals surface area contributed by atoms with Crippen LogP contribution in [0.3, 0.4) is 0 Å². The average molecular weight is 384 g/mol. The third-order valence-electron chi connectivity index (χ3n) is 5.49.